The van der Waals surface area contributed by atoms with Crippen molar-refractivity contribution in [1.82, 2.24) is 4.31 Å². The van der Waals surface area contributed by atoms with Crippen LogP contribution in [0.25, 0.3) is 0 Å². The third-order valence-electron chi connectivity index (χ3n) is 6.28. The Hall–Kier alpha value is -2.43. The highest BCUT2D eigenvalue weighted by Gasteiger charge is 2.25. The van der Waals surface area contributed by atoms with Gasteiger partial charge in [-0.15, -0.1) is 0 Å². The maximum absolute atomic E-state index is 12.9. The lowest BCUT2D eigenvalue weighted by atomic mass is 10.1. The van der Waals surface area contributed by atoms with Crippen LogP contribution in [0.3, 0.4) is 0 Å². The van der Waals surface area contributed by atoms with Crippen molar-refractivity contribution < 1.29 is 21.6 Å². The molecule has 1 heterocycles. The van der Waals surface area contributed by atoms with E-state index in [0.717, 1.165) is 43.1 Å². The Labute approximate surface area is 209 Å². The predicted molar refractivity (Wildman–Crippen MR) is 140 cm³/mol. The van der Waals surface area contributed by atoms with Crippen LogP contribution in [0, 0.1) is 13.8 Å². The molecule has 0 aromatic heterocycles. The van der Waals surface area contributed by atoms with Crippen molar-refractivity contribution in [2.45, 2.75) is 57.3 Å². The molecule has 35 heavy (non-hydrogen) atoms. The van der Waals surface area contributed by atoms with Crippen LogP contribution in [0.2, 0.25) is 0 Å². The molecule has 8 nitrogen and oxygen atoms in total. The van der Waals surface area contributed by atoms with Crippen molar-refractivity contribution in [3.8, 4) is 0 Å². The number of benzene rings is 2. The molecule has 0 spiro atoms. The van der Waals surface area contributed by atoms with Gasteiger partial charge in [-0.1, -0.05) is 18.9 Å². The van der Waals surface area contributed by atoms with Crippen LogP contribution >= 0.6 is 0 Å². The number of anilines is 2. The van der Waals surface area contributed by atoms with Crippen molar-refractivity contribution in [3.63, 3.8) is 0 Å². The molecule has 0 radical (unpaired) electrons. The van der Waals surface area contributed by atoms with E-state index in [1.54, 1.807) is 18.2 Å². The van der Waals surface area contributed by atoms with Crippen LogP contribution in [-0.4, -0.2) is 52.9 Å². The van der Waals surface area contributed by atoms with Crippen molar-refractivity contribution >= 4 is 37.3 Å². The van der Waals surface area contributed by atoms with Crippen LogP contribution in [0.4, 0.5) is 11.4 Å². The summed E-state index contributed by atoms with van der Waals surface area (Å²) in [5, 5.41) is 2.76. The summed E-state index contributed by atoms with van der Waals surface area (Å²) < 4.78 is 53.3. The quantitative estimate of drug-likeness (QED) is 0.536. The zero-order valence-electron chi connectivity index (χ0n) is 20.7. The van der Waals surface area contributed by atoms with Crippen LogP contribution in [0.5, 0.6) is 0 Å². The van der Waals surface area contributed by atoms with E-state index in [2.05, 4.69) is 5.32 Å². The Balaban J connectivity index is 1.57. The standard InChI is InChI=1S/C25H35N3O5S2/c1-20-10-13-23(19-21(20)2)28(34(3,30)31)18-8-9-25(29)26-22-11-14-24(15-12-22)35(32,33)27-16-6-4-5-7-17-27/h10-15,19H,4-9,16-18H2,1-3H3,(H,26,29). The topological polar surface area (TPSA) is 104 Å². The lowest BCUT2D eigenvalue weighted by Crippen LogP contribution is -2.32. The van der Waals surface area contributed by atoms with Crippen molar-refractivity contribution in [2.24, 2.45) is 0 Å². The molecular formula is C25H35N3O5S2. The van der Waals surface area contributed by atoms with E-state index in [1.165, 1.54) is 20.7 Å². The van der Waals surface area contributed by atoms with Gasteiger partial charge in [-0.2, -0.15) is 4.31 Å². The summed E-state index contributed by atoms with van der Waals surface area (Å²) in [6.45, 7) is 5.14. The summed E-state index contributed by atoms with van der Waals surface area (Å²) in [4.78, 5) is 12.7. The fraction of sp³-hybridized carbons (Fsp3) is 0.480. The molecule has 1 fully saturated rings. The molecule has 192 valence electrons. The lowest BCUT2D eigenvalue weighted by Gasteiger charge is -2.23. The molecule has 2 aromatic rings. The first kappa shape index (κ1) is 27.2. The maximum atomic E-state index is 12.9. The summed E-state index contributed by atoms with van der Waals surface area (Å²) >= 11 is 0. The van der Waals surface area contributed by atoms with Gasteiger partial charge in [0.05, 0.1) is 16.8 Å². The first-order chi connectivity index (χ1) is 16.5. The lowest BCUT2D eigenvalue weighted by molar-refractivity contribution is -0.116. The van der Waals surface area contributed by atoms with Crippen molar-refractivity contribution in [2.75, 3.05) is 35.5 Å². The molecule has 1 N–H and O–H groups in total. The number of sulfonamides is 2. The smallest absolute Gasteiger partial charge is 0.243 e. The molecule has 2 aromatic carbocycles. The molecule has 0 bridgehead atoms. The molecule has 0 unspecified atom stereocenters. The van der Waals surface area contributed by atoms with Gasteiger partial charge in [-0.3, -0.25) is 9.10 Å². The predicted octanol–water partition coefficient (Wildman–Crippen LogP) is 4.05. The number of rotatable bonds is 9. The molecule has 0 saturated carbocycles. The molecular weight excluding hydrogens is 486 g/mol. The minimum atomic E-state index is -3.54. The fourth-order valence-electron chi connectivity index (χ4n) is 4.12. The van der Waals surface area contributed by atoms with Gasteiger partial charge in [0, 0.05) is 31.7 Å². The van der Waals surface area contributed by atoms with Crippen LogP contribution in [-0.2, 0) is 24.8 Å². The minimum absolute atomic E-state index is 0.130. The number of nitrogens with one attached hydrogen (secondary N) is 1. The van der Waals surface area contributed by atoms with Crippen LogP contribution in [0.15, 0.2) is 47.4 Å². The summed E-state index contributed by atoms with van der Waals surface area (Å²) in [5.74, 6) is -0.262. The zero-order valence-corrected chi connectivity index (χ0v) is 22.3. The highest BCUT2D eigenvalue weighted by Crippen LogP contribution is 2.23. The Morgan fingerprint density at radius 1 is 0.914 bits per heavy atom. The van der Waals surface area contributed by atoms with Gasteiger partial charge in [0.2, 0.25) is 26.0 Å². The summed E-state index contributed by atoms with van der Waals surface area (Å²) in [6, 6.07) is 11.7. The van der Waals surface area contributed by atoms with Gasteiger partial charge in [-0.25, -0.2) is 16.8 Å². The van der Waals surface area contributed by atoms with Gasteiger partial charge in [0.25, 0.3) is 0 Å². The maximum Gasteiger partial charge on any atom is 0.243 e. The van der Waals surface area contributed by atoms with E-state index in [1.807, 2.05) is 26.0 Å². The summed E-state index contributed by atoms with van der Waals surface area (Å²) in [7, 11) is -7.04. The summed E-state index contributed by atoms with van der Waals surface area (Å²) in [6.07, 6.45) is 5.45. The molecule has 1 amide bonds. The molecule has 10 heteroatoms. The Bertz CT molecular complexity index is 1230. The largest absolute Gasteiger partial charge is 0.326 e. The number of carbonyl (C=O) groups is 1. The van der Waals surface area contributed by atoms with E-state index < -0.39 is 20.0 Å². The van der Waals surface area contributed by atoms with Gasteiger partial charge in [-0.05, 0) is 80.6 Å². The zero-order chi connectivity index (χ0) is 25.6. The first-order valence-corrected chi connectivity index (χ1v) is 15.2. The second kappa shape index (κ2) is 11.5. The molecule has 3 rings (SSSR count). The number of amides is 1. The minimum Gasteiger partial charge on any atom is -0.326 e. The SMILES string of the molecule is Cc1ccc(N(CCCC(=O)Nc2ccc(S(=O)(=O)N3CCCCCC3)cc2)S(C)(=O)=O)cc1C. The van der Waals surface area contributed by atoms with Gasteiger partial charge < -0.3 is 5.32 Å². The molecule has 1 aliphatic heterocycles. The van der Waals surface area contributed by atoms with E-state index in [9.17, 15) is 21.6 Å². The Morgan fingerprint density at radius 2 is 1.54 bits per heavy atom. The van der Waals surface area contributed by atoms with Crippen molar-refractivity contribution in [1.29, 1.82) is 0 Å². The number of aryl methyl sites for hydroxylation is 2. The fourth-order valence-corrected chi connectivity index (χ4v) is 6.59. The van der Waals surface area contributed by atoms with Crippen LogP contribution in [0.1, 0.15) is 49.7 Å². The molecule has 1 aliphatic rings. The second-order valence-corrected chi connectivity index (χ2v) is 12.9. The Kier molecular flexibility index (Phi) is 8.95. The first-order valence-electron chi connectivity index (χ1n) is 11.9. The number of carbonyl (C=O) groups excluding carboxylic acids is 1. The second-order valence-electron chi connectivity index (χ2n) is 9.10. The normalized spacial score (nSPS) is 15.4. The van der Waals surface area contributed by atoms with Gasteiger partial charge in [0.15, 0.2) is 0 Å². The van der Waals surface area contributed by atoms with Gasteiger partial charge >= 0.3 is 0 Å². The average Bonchev–Trinajstić information content (AvgIpc) is 3.09. The number of hydrogen-bond acceptors (Lipinski definition) is 5. The number of nitrogens with zero attached hydrogens (tertiary/aromatic N) is 2. The van der Waals surface area contributed by atoms with Gasteiger partial charge in [0.1, 0.15) is 0 Å². The highest BCUT2D eigenvalue weighted by molar-refractivity contribution is 7.92. The number of hydrogen-bond donors (Lipinski definition) is 1. The van der Waals surface area contributed by atoms with E-state index >= 15 is 0 Å². The average molecular weight is 522 g/mol. The monoisotopic (exact) mass is 521 g/mol. The molecule has 0 aliphatic carbocycles. The third-order valence-corrected chi connectivity index (χ3v) is 9.39. The van der Waals surface area contributed by atoms with Crippen LogP contribution < -0.4 is 9.62 Å². The van der Waals surface area contributed by atoms with Crippen molar-refractivity contribution in [3.05, 3.63) is 53.6 Å². The summed E-state index contributed by atoms with van der Waals surface area (Å²) in [5.41, 5.74) is 3.15. The van der Waals surface area contributed by atoms with E-state index in [0.29, 0.717) is 30.9 Å². The third kappa shape index (κ3) is 7.28. The van der Waals surface area contributed by atoms with E-state index in [-0.39, 0.29) is 23.8 Å². The highest BCUT2D eigenvalue weighted by atomic mass is 32.2. The van der Waals surface area contributed by atoms with E-state index in [4.69, 9.17) is 0 Å². The Morgan fingerprint density at radius 3 is 2.11 bits per heavy atom. The molecule has 1 saturated heterocycles. The molecule has 0 atom stereocenters.